The van der Waals surface area contributed by atoms with Gasteiger partial charge in [0.15, 0.2) is 0 Å². The van der Waals surface area contributed by atoms with Crippen molar-refractivity contribution in [2.24, 2.45) is 0 Å². The Balaban J connectivity index is 1.88. The first-order valence-corrected chi connectivity index (χ1v) is 10.8. The number of nitrogens with one attached hydrogen (secondary N) is 1. The van der Waals surface area contributed by atoms with Crippen molar-refractivity contribution < 1.29 is 28.5 Å². The largest absolute Gasteiger partial charge is 0.496 e. The van der Waals surface area contributed by atoms with Crippen molar-refractivity contribution in [3.05, 3.63) is 54.1 Å². The molecule has 0 aliphatic rings. The summed E-state index contributed by atoms with van der Waals surface area (Å²) in [5.74, 6) is 0.775. The topological polar surface area (TPSA) is 96.0 Å². The van der Waals surface area contributed by atoms with Crippen molar-refractivity contribution in [2.45, 2.75) is 38.8 Å². The van der Waals surface area contributed by atoms with E-state index in [1.165, 1.54) is 7.11 Å². The maximum absolute atomic E-state index is 12.3. The molecule has 0 aliphatic carbocycles. The van der Waals surface area contributed by atoms with Gasteiger partial charge < -0.3 is 24.3 Å². The Labute approximate surface area is 199 Å². The molecule has 1 heterocycles. The van der Waals surface area contributed by atoms with Crippen molar-refractivity contribution in [2.75, 3.05) is 21.3 Å². The van der Waals surface area contributed by atoms with Crippen molar-refractivity contribution in [1.82, 2.24) is 10.3 Å². The zero-order valence-electron chi connectivity index (χ0n) is 20.3. The van der Waals surface area contributed by atoms with Crippen molar-refractivity contribution in [1.29, 1.82) is 0 Å². The normalized spacial score (nSPS) is 12.1. The van der Waals surface area contributed by atoms with Crippen LogP contribution < -0.4 is 14.8 Å². The van der Waals surface area contributed by atoms with Crippen molar-refractivity contribution >= 4 is 23.0 Å². The van der Waals surface area contributed by atoms with Crippen molar-refractivity contribution in [3.8, 4) is 22.8 Å². The van der Waals surface area contributed by atoms with Gasteiger partial charge in [0.05, 0.1) is 38.1 Å². The van der Waals surface area contributed by atoms with Gasteiger partial charge >= 0.3 is 12.1 Å². The number of methoxy groups -OCH3 is 3. The third-order valence-electron chi connectivity index (χ3n) is 5.05. The van der Waals surface area contributed by atoms with Gasteiger partial charge in [-0.15, -0.1) is 0 Å². The van der Waals surface area contributed by atoms with E-state index >= 15 is 0 Å². The number of benzene rings is 2. The molecule has 0 bridgehead atoms. The number of aromatic nitrogens is 1. The van der Waals surface area contributed by atoms with E-state index in [1.54, 1.807) is 35.0 Å². The predicted molar refractivity (Wildman–Crippen MR) is 129 cm³/mol. The van der Waals surface area contributed by atoms with E-state index in [4.69, 9.17) is 23.9 Å². The zero-order valence-corrected chi connectivity index (χ0v) is 20.3. The maximum atomic E-state index is 12.3. The molecule has 1 atom stereocenters. The predicted octanol–water partition coefficient (Wildman–Crippen LogP) is 4.53. The molecule has 0 fully saturated rings. The SMILES string of the molecule is COC(=O)C(Cc1ccc2nc(-c3c(OC)cccc3OC)ccc2c1)NC(=O)OC(C)(C)C. The van der Waals surface area contributed by atoms with E-state index in [1.807, 2.05) is 48.5 Å². The van der Waals surface area contributed by atoms with Crippen LogP contribution in [0.5, 0.6) is 11.5 Å². The average Bonchev–Trinajstić information content (AvgIpc) is 2.80. The summed E-state index contributed by atoms with van der Waals surface area (Å²) < 4.78 is 21.1. The van der Waals surface area contributed by atoms with Crippen LogP contribution in [-0.2, 0) is 20.7 Å². The highest BCUT2D eigenvalue weighted by atomic mass is 16.6. The van der Waals surface area contributed by atoms with E-state index in [0.717, 1.165) is 22.0 Å². The molecule has 3 rings (SSSR count). The lowest BCUT2D eigenvalue weighted by Crippen LogP contribution is -2.45. The van der Waals surface area contributed by atoms with E-state index < -0.39 is 23.7 Å². The Kier molecular flexibility index (Phi) is 7.61. The summed E-state index contributed by atoms with van der Waals surface area (Å²) in [5.41, 5.74) is 2.41. The molecule has 0 saturated heterocycles. The standard InChI is InChI=1S/C26H30N2O6/c1-26(2,3)34-25(30)28-20(24(29)33-6)15-16-10-12-18-17(14-16)11-13-19(27-18)23-21(31-4)8-7-9-22(23)32-5/h7-14,20H,15H2,1-6H3,(H,28,30). The van der Waals surface area contributed by atoms with Crippen LogP contribution in [0.2, 0.25) is 0 Å². The van der Waals surface area contributed by atoms with Gasteiger partial charge in [0, 0.05) is 11.8 Å². The molecule has 180 valence electrons. The molecule has 8 heteroatoms. The summed E-state index contributed by atoms with van der Waals surface area (Å²) in [6.45, 7) is 5.26. The zero-order chi connectivity index (χ0) is 24.9. The summed E-state index contributed by atoms with van der Waals surface area (Å²) in [6.07, 6.45) is -0.440. The van der Waals surface area contributed by atoms with Gasteiger partial charge in [0.2, 0.25) is 0 Å². The van der Waals surface area contributed by atoms with Gasteiger partial charge in [-0.2, -0.15) is 0 Å². The van der Waals surface area contributed by atoms with Gasteiger partial charge in [0.25, 0.3) is 0 Å². The maximum Gasteiger partial charge on any atom is 0.408 e. The molecule has 8 nitrogen and oxygen atoms in total. The van der Waals surface area contributed by atoms with Gasteiger partial charge in [-0.3, -0.25) is 0 Å². The quantitative estimate of drug-likeness (QED) is 0.511. The van der Waals surface area contributed by atoms with Crippen LogP contribution in [0.4, 0.5) is 4.79 Å². The number of amides is 1. The Morgan fingerprint density at radius 3 is 2.24 bits per heavy atom. The highest BCUT2D eigenvalue weighted by Gasteiger charge is 2.25. The van der Waals surface area contributed by atoms with Crippen LogP contribution in [0, 0.1) is 0 Å². The lowest BCUT2D eigenvalue weighted by atomic mass is 10.0. The number of carbonyl (C=O) groups excluding carboxylic acids is 2. The molecule has 0 aliphatic heterocycles. The van der Waals surface area contributed by atoms with Gasteiger partial charge in [-0.05, 0) is 56.7 Å². The van der Waals surface area contributed by atoms with Crippen molar-refractivity contribution in [3.63, 3.8) is 0 Å². The molecular formula is C26H30N2O6. The molecule has 1 aromatic heterocycles. The summed E-state index contributed by atoms with van der Waals surface area (Å²) >= 11 is 0. The minimum absolute atomic E-state index is 0.240. The summed E-state index contributed by atoms with van der Waals surface area (Å²) in [5, 5.41) is 3.48. The van der Waals surface area contributed by atoms with E-state index in [2.05, 4.69) is 5.32 Å². The first kappa shape index (κ1) is 24.8. The molecular weight excluding hydrogens is 436 g/mol. The van der Waals surface area contributed by atoms with Gasteiger partial charge in [0.1, 0.15) is 23.1 Å². The number of pyridine rings is 1. The Bertz CT molecular complexity index is 1160. The van der Waals surface area contributed by atoms with E-state index in [-0.39, 0.29) is 6.42 Å². The molecule has 2 aromatic carbocycles. The molecule has 34 heavy (non-hydrogen) atoms. The van der Waals surface area contributed by atoms with Crippen LogP contribution in [0.25, 0.3) is 22.2 Å². The van der Waals surface area contributed by atoms with Gasteiger partial charge in [-0.1, -0.05) is 18.2 Å². The fourth-order valence-corrected chi connectivity index (χ4v) is 3.57. The number of hydrogen-bond acceptors (Lipinski definition) is 7. The summed E-state index contributed by atoms with van der Waals surface area (Å²) in [4.78, 5) is 29.3. The van der Waals surface area contributed by atoms with Crippen LogP contribution in [0.1, 0.15) is 26.3 Å². The molecule has 0 saturated carbocycles. The second-order valence-corrected chi connectivity index (χ2v) is 8.69. The lowest BCUT2D eigenvalue weighted by Gasteiger charge is -2.22. The molecule has 0 spiro atoms. The number of alkyl carbamates (subject to hydrolysis) is 1. The summed E-state index contributed by atoms with van der Waals surface area (Å²) in [7, 11) is 4.49. The number of fused-ring (bicyclic) bond motifs is 1. The fraction of sp³-hybridized carbons (Fsp3) is 0.346. The van der Waals surface area contributed by atoms with E-state index in [9.17, 15) is 9.59 Å². The smallest absolute Gasteiger partial charge is 0.408 e. The number of ether oxygens (including phenoxy) is 4. The minimum atomic E-state index is -0.887. The highest BCUT2D eigenvalue weighted by Crippen LogP contribution is 2.37. The first-order chi connectivity index (χ1) is 16.1. The third kappa shape index (κ3) is 5.95. The monoisotopic (exact) mass is 466 g/mol. The Morgan fingerprint density at radius 2 is 1.65 bits per heavy atom. The van der Waals surface area contributed by atoms with Crippen LogP contribution in [0.15, 0.2) is 48.5 Å². The highest BCUT2D eigenvalue weighted by molar-refractivity contribution is 5.85. The second-order valence-electron chi connectivity index (χ2n) is 8.69. The van der Waals surface area contributed by atoms with Crippen LogP contribution >= 0.6 is 0 Å². The van der Waals surface area contributed by atoms with Gasteiger partial charge in [-0.25, -0.2) is 14.6 Å². The van der Waals surface area contributed by atoms with E-state index in [0.29, 0.717) is 17.2 Å². The molecule has 1 unspecified atom stereocenters. The number of carbonyl (C=O) groups is 2. The lowest BCUT2D eigenvalue weighted by molar-refractivity contribution is -0.143. The number of rotatable bonds is 7. The Morgan fingerprint density at radius 1 is 0.971 bits per heavy atom. The minimum Gasteiger partial charge on any atom is -0.496 e. The fourth-order valence-electron chi connectivity index (χ4n) is 3.57. The Hall–Kier alpha value is -3.81. The van der Waals surface area contributed by atoms with Crippen LogP contribution in [0.3, 0.4) is 0 Å². The molecule has 3 aromatic rings. The first-order valence-electron chi connectivity index (χ1n) is 10.8. The molecule has 1 amide bonds. The number of nitrogens with zero attached hydrogens (tertiary/aromatic N) is 1. The average molecular weight is 467 g/mol. The second kappa shape index (κ2) is 10.4. The van der Waals surface area contributed by atoms with Crippen LogP contribution in [-0.4, -0.2) is 50.0 Å². The number of esters is 1. The third-order valence-corrected chi connectivity index (χ3v) is 5.05. The number of hydrogen-bond donors (Lipinski definition) is 1. The molecule has 1 N–H and O–H groups in total. The summed E-state index contributed by atoms with van der Waals surface area (Å²) in [6, 6.07) is 14.2. The molecule has 0 radical (unpaired) electrons.